The number of nitrogens with one attached hydrogen (secondary N) is 2. The van der Waals surface area contributed by atoms with Gasteiger partial charge in [0.2, 0.25) is 12.7 Å². The summed E-state index contributed by atoms with van der Waals surface area (Å²) in [6.07, 6.45) is 0.318. The van der Waals surface area contributed by atoms with Crippen molar-refractivity contribution in [2.45, 2.75) is 39.2 Å². The van der Waals surface area contributed by atoms with Crippen molar-refractivity contribution in [1.29, 1.82) is 0 Å². The third-order valence-electron chi connectivity index (χ3n) is 8.40. The van der Waals surface area contributed by atoms with Crippen LogP contribution in [-0.2, 0) is 14.3 Å². The molecule has 1 aliphatic carbocycles. The molecule has 4 atom stereocenters. The third kappa shape index (κ3) is 5.30. The first-order valence-corrected chi connectivity index (χ1v) is 14.1. The minimum atomic E-state index is -0.529. The highest BCUT2D eigenvalue weighted by Gasteiger charge is 2.53. The van der Waals surface area contributed by atoms with Gasteiger partial charge in [-0.2, -0.15) is 0 Å². The van der Waals surface area contributed by atoms with E-state index in [4.69, 9.17) is 18.9 Å². The predicted molar refractivity (Wildman–Crippen MR) is 148 cm³/mol. The van der Waals surface area contributed by atoms with Gasteiger partial charge in [0.1, 0.15) is 0 Å². The van der Waals surface area contributed by atoms with Crippen LogP contribution in [0.2, 0.25) is 0 Å². The van der Waals surface area contributed by atoms with Crippen LogP contribution in [0.5, 0.6) is 23.0 Å². The van der Waals surface area contributed by atoms with Crippen molar-refractivity contribution >= 4 is 11.9 Å². The van der Waals surface area contributed by atoms with Crippen molar-refractivity contribution in [2.24, 2.45) is 11.8 Å². The Morgan fingerprint density at radius 1 is 1.07 bits per heavy atom. The molecule has 0 radical (unpaired) electrons. The summed E-state index contributed by atoms with van der Waals surface area (Å²) in [6.45, 7) is 10.7. The zero-order chi connectivity index (χ0) is 28.4. The molecule has 5 rings (SSSR count). The number of hydrogen-bond acceptors (Lipinski definition) is 9. The number of aromatic hydroxyl groups is 1. The second kappa shape index (κ2) is 11.9. The van der Waals surface area contributed by atoms with Crippen molar-refractivity contribution < 1.29 is 33.6 Å². The van der Waals surface area contributed by atoms with E-state index < -0.39 is 12.0 Å². The van der Waals surface area contributed by atoms with Crippen LogP contribution in [0, 0.1) is 18.8 Å². The molecule has 0 spiro atoms. The van der Waals surface area contributed by atoms with Gasteiger partial charge in [-0.15, -0.1) is 0 Å². The molecular formula is C30H39N3O7. The molecule has 2 aromatic carbocycles. The van der Waals surface area contributed by atoms with Gasteiger partial charge in [-0.1, -0.05) is 19.9 Å². The van der Waals surface area contributed by atoms with Crippen molar-refractivity contribution in [3.63, 3.8) is 0 Å². The average molecular weight is 554 g/mol. The molecular weight excluding hydrogens is 514 g/mol. The van der Waals surface area contributed by atoms with E-state index in [1.807, 2.05) is 18.2 Å². The van der Waals surface area contributed by atoms with Crippen LogP contribution in [0.1, 0.15) is 54.5 Å². The van der Waals surface area contributed by atoms with Gasteiger partial charge in [-0.3, -0.25) is 9.59 Å². The number of benzene rings is 2. The number of methoxy groups -OCH3 is 1. The smallest absolute Gasteiger partial charge is 0.310 e. The normalized spacial score (nSPS) is 22.6. The van der Waals surface area contributed by atoms with E-state index in [9.17, 15) is 14.7 Å². The molecule has 0 aromatic heterocycles. The Kier molecular flexibility index (Phi) is 8.37. The Bertz CT molecular complexity index is 1260. The predicted octanol–water partition coefficient (Wildman–Crippen LogP) is 2.85. The maximum atomic E-state index is 13.2. The molecule has 2 aliphatic heterocycles. The van der Waals surface area contributed by atoms with Crippen molar-refractivity contribution in [1.82, 2.24) is 15.5 Å². The molecule has 1 amide bonds. The molecule has 1 saturated heterocycles. The second-order valence-electron chi connectivity index (χ2n) is 10.6. The number of fused-ring (bicyclic) bond motifs is 3. The summed E-state index contributed by atoms with van der Waals surface area (Å²) in [5, 5.41) is 17.0. The van der Waals surface area contributed by atoms with Crippen LogP contribution in [-0.4, -0.2) is 75.1 Å². The Morgan fingerprint density at radius 3 is 2.50 bits per heavy atom. The minimum Gasteiger partial charge on any atom is -0.504 e. The van der Waals surface area contributed by atoms with Crippen LogP contribution >= 0.6 is 0 Å². The molecule has 10 heteroatoms. The number of carbonyl (C=O) groups excluding carboxylic acids is 2. The highest BCUT2D eigenvalue weighted by Crippen LogP contribution is 2.55. The third-order valence-corrected chi connectivity index (χ3v) is 8.40. The van der Waals surface area contributed by atoms with Gasteiger partial charge < -0.3 is 39.6 Å². The van der Waals surface area contributed by atoms with Crippen LogP contribution in [0.3, 0.4) is 0 Å². The second-order valence-corrected chi connectivity index (χ2v) is 10.6. The Morgan fingerprint density at radius 2 is 1.80 bits per heavy atom. The SMILES string of the molecule is CCN(CC)CCNCCC(=O)N[C@@H]1c2cc3c(cc2C(c2cc(C)c(O)c(OC)c2)[C@H]2C(=O)OC[C@H]12)OCO3. The summed E-state index contributed by atoms with van der Waals surface area (Å²) >= 11 is 0. The molecule has 1 fully saturated rings. The maximum absolute atomic E-state index is 13.2. The lowest BCUT2D eigenvalue weighted by molar-refractivity contribution is -0.141. The van der Waals surface area contributed by atoms with Crippen molar-refractivity contribution in [2.75, 3.05) is 53.2 Å². The zero-order valence-electron chi connectivity index (χ0n) is 23.6. The number of amides is 1. The van der Waals surface area contributed by atoms with Crippen molar-refractivity contribution in [3.8, 4) is 23.0 Å². The quantitative estimate of drug-likeness (QED) is 0.285. The van der Waals surface area contributed by atoms with Gasteiger partial charge in [0.05, 0.1) is 25.7 Å². The molecule has 2 heterocycles. The van der Waals surface area contributed by atoms with E-state index in [2.05, 4.69) is 29.4 Å². The van der Waals surface area contributed by atoms with Gasteiger partial charge in [0.25, 0.3) is 0 Å². The van der Waals surface area contributed by atoms with Gasteiger partial charge in [-0.05, 0) is 60.5 Å². The van der Waals surface area contributed by atoms with Crippen LogP contribution in [0.15, 0.2) is 24.3 Å². The van der Waals surface area contributed by atoms with Crippen LogP contribution in [0.4, 0.5) is 0 Å². The highest BCUT2D eigenvalue weighted by molar-refractivity contribution is 5.81. The van der Waals surface area contributed by atoms with E-state index in [1.165, 1.54) is 7.11 Å². The van der Waals surface area contributed by atoms with E-state index in [-0.39, 0.29) is 42.9 Å². The number of ether oxygens (including phenoxy) is 4. The van der Waals surface area contributed by atoms with Gasteiger partial charge >= 0.3 is 5.97 Å². The molecule has 10 nitrogen and oxygen atoms in total. The number of likely N-dealkylation sites (N-methyl/N-ethyl adjacent to an activating group) is 1. The number of carbonyl (C=O) groups is 2. The maximum Gasteiger partial charge on any atom is 0.310 e. The summed E-state index contributed by atoms with van der Waals surface area (Å²) < 4.78 is 22.4. The highest BCUT2D eigenvalue weighted by atomic mass is 16.7. The molecule has 3 N–H and O–H groups in total. The summed E-state index contributed by atoms with van der Waals surface area (Å²) in [4.78, 5) is 28.7. The number of cyclic esters (lactones) is 1. The fourth-order valence-corrected chi connectivity index (χ4v) is 6.21. The summed E-state index contributed by atoms with van der Waals surface area (Å²) in [7, 11) is 1.50. The zero-order valence-corrected chi connectivity index (χ0v) is 23.6. The summed E-state index contributed by atoms with van der Waals surface area (Å²) in [6, 6.07) is 7.05. The monoisotopic (exact) mass is 553 g/mol. The Hall–Kier alpha value is -3.50. The molecule has 3 aliphatic rings. The average Bonchev–Trinajstić information content (AvgIpc) is 3.57. The van der Waals surface area contributed by atoms with Crippen LogP contribution < -0.4 is 24.8 Å². The van der Waals surface area contributed by atoms with E-state index in [1.54, 1.807) is 13.0 Å². The van der Waals surface area contributed by atoms with E-state index >= 15 is 0 Å². The fourth-order valence-electron chi connectivity index (χ4n) is 6.21. The van der Waals surface area contributed by atoms with Crippen molar-refractivity contribution in [3.05, 3.63) is 46.5 Å². The number of phenols is 1. The number of hydrogen-bond donors (Lipinski definition) is 3. The number of nitrogens with zero attached hydrogens (tertiary/aromatic N) is 1. The molecule has 216 valence electrons. The summed E-state index contributed by atoms with van der Waals surface area (Å²) in [5.74, 6) is 0.0228. The lowest BCUT2D eigenvalue weighted by Gasteiger charge is -2.39. The lowest BCUT2D eigenvalue weighted by Crippen LogP contribution is -2.43. The van der Waals surface area contributed by atoms with Gasteiger partial charge in [0.15, 0.2) is 23.0 Å². The number of esters is 1. The molecule has 40 heavy (non-hydrogen) atoms. The Balaban J connectivity index is 1.44. The molecule has 0 saturated carbocycles. The van der Waals surface area contributed by atoms with Crippen LogP contribution in [0.25, 0.3) is 0 Å². The first kappa shape index (κ1) is 28.0. The van der Waals surface area contributed by atoms with E-state index in [0.29, 0.717) is 35.8 Å². The number of aryl methyl sites for hydroxylation is 1. The first-order valence-electron chi connectivity index (χ1n) is 14.1. The topological polar surface area (TPSA) is 119 Å². The lowest BCUT2D eigenvalue weighted by atomic mass is 9.65. The van der Waals surface area contributed by atoms with E-state index in [0.717, 1.165) is 42.9 Å². The molecule has 1 unspecified atom stereocenters. The molecule has 2 aromatic rings. The molecule has 0 bridgehead atoms. The summed E-state index contributed by atoms with van der Waals surface area (Å²) in [5.41, 5.74) is 3.20. The van der Waals surface area contributed by atoms with Gasteiger partial charge in [-0.25, -0.2) is 0 Å². The number of rotatable bonds is 11. The fraction of sp³-hybridized carbons (Fsp3) is 0.533. The standard InChI is InChI=1S/C30H39N3O7/c1-5-33(6-2)10-9-31-8-7-25(34)32-28-20-14-23-22(39-16-40-23)13-19(20)26(27-21(28)15-38-30(27)36)18-11-17(3)29(35)24(12-18)37-4/h11-14,21,26-28,31,35H,5-10,15-16H2,1-4H3,(H,32,34)/t21-,26?,27-,28+/m0/s1. The largest absolute Gasteiger partial charge is 0.504 e. The minimum absolute atomic E-state index is 0.0642. The Labute approximate surface area is 234 Å². The number of phenolic OH excluding ortho intramolecular Hbond substituents is 1. The first-order chi connectivity index (χ1) is 19.4. The van der Waals surface area contributed by atoms with Gasteiger partial charge in [0, 0.05) is 37.9 Å².